The molecule has 206 valence electrons. The highest BCUT2D eigenvalue weighted by molar-refractivity contribution is 4.63. The molecule has 34 heavy (non-hydrogen) atoms. The quantitative estimate of drug-likeness (QED) is 0.100. The predicted octanol–water partition coefficient (Wildman–Crippen LogP) is 10.5. The van der Waals surface area contributed by atoms with Crippen LogP contribution < -0.4 is 11.1 Å². The van der Waals surface area contributed by atoms with Gasteiger partial charge >= 0.3 is 0 Å². The summed E-state index contributed by atoms with van der Waals surface area (Å²) in [4.78, 5) is 0. The number of hydrogen-bond acceptors (Lipinski definition) is 2. The lowest BCUT2D eigenvalue weighted by Crippen LogP contribution is -2.23. The van der Waals surface area contributed by atoms with E-state index in [2.05, 4.69) is 19.2 Å². The van der Waals surface area contributed by atoms with Crippen molar-refractivity contribution in [2.75, 3.05) is 13.1 Å². The lowest BCUT2D eigenvalue weighted by molar-refractivity contribution is 0.482. The van der Waals surface area contributed by atoms with Gasteiger partial charge in [-0.25, -0.2) is 0 Å². The third-order valence-corrected chi connectivity index (χ3v) is 7.56. The molecule has 0 spiro atoms. The van der Waals surface area contributed by atoms with E-state index >= 15 is 0 Å². The first-order valence-corrected chi connectivity index (χ1v) is 16.3. The van der Waals surface area contributed by atoms with E-state index in [9.17, 15) is 0 Å². The monoisotopic (exact) mass is 481 g/mol. The summed E-state index contributed by atoms with van der Waals surface area (Å²) < 4.78 is 0. The van der Waals surface area contributed by atoms with Gasteiger partial charge in [-0.2, -0.15) is 0 Å². The van der Waals surface area contributed by atoms with Gasteiger partial charge in [0, 0.05) is 6.04 Å². The second-order valence-electron chi connectivity index (χ2n) is 11.2. The van der Waals surface area contributed by atoms with Crippen molar-refractivity contribution in [1.82, 2.24) is 5.32 Å². The standard InChI is InChI=1S/C32H68N2/c1-3-5-7-9-11-13-15-17-19-21-23-25-28-32(33)29-27-31-34-30-26-24-22-20-18-16-14-12-10-8-6-4-2/h32,34H,3-31,33H2,1-2H3. The summed E-state index contributed by atoms with van der Waals surface area (Å²) in [7, 11) is 0. The minimum absolute atomic E-state index is 0.427. The molecule has 0 saturated carbocycles. The molecule has 1 unspecified atom stereocenters. The van der Waals surface area contributed by atoms with Crippen LogP contribution in [0.15, 0.2) is 0 Å². The summed E-state index contributed by atoms with van der Waals surface area (Å²) in [6.07, 6.45) is 38.0. The molecule has 0 amide bonds. The van der Waals surface area contributed by atoms with Crippen LogP contribution in [0.1, 0.15) is 187 Å². The van der Waals surface area contributed by atoms with Crippen LogP contribution in [0.25, 0.3) is 0 Å². The number of nitrogens with two attached hydrogens (primary N) is 1. The van der Waals surface area contributed by atoms with Gasteiger partial charge in [0.05, 0.1) is 0 Å². The van der Waals surface area contributed by atoms with Crippen molar-refractivity contribution in [2.24, 2.45) is 5.73 Å². The molecular weight excluding hydrogens is 412 g/mol. The van der Waals surface area contributed by atoms with Gasteiger partial charge in [-0.05, 0) is 38.8 Å². The van der Waals surface area contributed by atoms with E-state index in [0.717, 1.165) is 6.54 Å². The minimum Gasteiger partial charge on any atom is -0.328 e. The van der Waals surface area contributed by atoms with Gasteiger partial charge in [0.2, 0.25) is 0 Å². The first kappa shape index (κ1) is 33.9. The molecule has 0 saturated heterocycles. The van der Waals surface area contributed by atoms with Crippen molar-refractivity contribution >= 4 is 0 Å². The van der Waals surface area contributed by atoms with Crippen LogP contribution in [0, 0.1) is 0 Å². The Morgan fingerprint density at radius 1 is 0.382 bits per heavy atom. The van der Waals surface area contributed by atoms with Crippen LogP contribution in [0.2, 0.25) is 0 Å². The first-order chi connectivity index (χ1) is 16.8. The Hall–Kier alpha value is -0.0800. The van der Waals surface area contributed by atoms with Gasteiger partial charge in [0.1, 0.15) is 0 Å². The second-order valence-corrected chi connectivity index (χ2v) is 11.2. The molecule has 1 atom stereocenters. The number of unbranched alkanes of at least 4 members (excludes halogenated alkanes) is 22. The largest absolute Gasteiger partial charge is 0.328 e. The van der Waals surface area contributed by atoms with E-state index in [1.807, 2.05) is 0 Å². The van der Waals surface area contributed by atoms with Gasteiger partial charge < -0.3 is 11.1 Å². The molecule has 0 aromatic heterocycles. The van der Waals surface area contributed by atoms with Crippen molar-refractivity contribution in [3.8, 4) is 0 Å². The average Bonchev–Trinajstić information content (AvgIpc) is 2.84. The van der Waals surface area contributed by atoms with E-state index in [1.54, 1.807) is 0 Å². The Kier molecular flexibility index (Phi) is 30.9. The van der Waals surface area contributed by atoms with Crippen LogP contribution in [0.4, 0.5) is 0 Å². The van der Waals surface area contributed by atoms with Gasteiger partial charge in [0.25, 0.3) is 0 Å². The smallest absolute Gasteiger partial charge is 0.00393 e. The highest BCUT2D eigenvalue weighted by Gasteiger charge is 2.02. The molecule has 0 rings (SSSR count). The normalized spacial score (nSPS) is 12.4. The minimum atomic E-state index is 0.427. The van der Waals surface area contributed by atoms with E-state index in [4.69, 9.17) is 5.73 Å². The average molecular weight is 481 g/mol. The van der Waals surface area contributed by atoms with Crippen LogP contribution in [0.5, 0.6) is 0 Å². The summed E-state index contributed by atoms with van der Waals surface area (Å²) in [5, 5.41) is 3.64. The molecule has 3 N–H and O–H groups in total. The van der Waals surface area contributed by atoms with Crippen molar-refractivity contribution in [1.29, 1.82) is 0 Å². The molecule has 0 heterocycles. The van der Waals surface area contributed by atoms with E-state index in [-0.39, 0.29) is 0 Å². The van der Waals surface area contributed by atoms with Gasteiger partial charge in [0.15, 0.2) is 0 Å². The zero-order chi connectivity index (χ0) is 24.8. The summed E-state index contributed by atoms with van der Waals surface area (Å²) in [5.74, 6) is 0. The zero-order valence-electron chi connectivity index (χ0n) is 24.2. The fourth-order valence-corrected chi connectivity index (χ4v) is 5.10. The van der Waals surface area contributed by atoms with Gasteiger partial charge in [-0.15, -0.1) is 0 Å². The predicted molar refractivity (Wildman–Crippen MR) is 157 cm³/mol. The van der Waals surface area contributed by atoms with E-state index < -0.39 is 0 Å². The van der Waals surface area contributed by atoms with Gasteiger partial charge in [-0.3, -0.25) is 0 Å². The van der Waals surface area contributed by atoms with Crippen LogP contribution in [-0.4, -0.2) is 19.1 Å². The molecule has 0 aromatic carbocycles. The van der Waals surface area contributed by atoms with E-state index in [1.165, 1.54) is 180 Å². The Morgan fingerprint density at radius 3 is 1.09 bits per heavy atom. The Morgan fingerprint density at radius 2 is 0.676 bits per heavy atom. The molecular formula is C32H68N2. The molecule has 0 aliphatic heterocycles. The number of rotatable bonds is 30. The SMILES string of the molecule is CCCCCCCCCCCCCCNCCCC(N)CCCCCCCCCCCCCC. The lowest BCUT2D eigenvalue weighted by Gasteiger charge is -2.12. The van der Waals surface area contributed by atoms with Crippen LogP contribution in [0.3, 0.4) is 0 Å². The lowest BCUT2D eigenvalue weighted by atomic mass is 10.0. The van der Waals surface area contributed by atoms with Crippen LogP contribution in [-0.2, 0) is 0 Å². The summed E-state index contributed by atoms with van der Waals surface area (Å²) >= 11 is 0. The molecule has 0 radical (unpaired) electrons. The molecule has 2 heteroatoms. The molecule has 0 aliphatic carbocycles. The van der Waals surface area contributed by atoms with Crippen molar-refractivity contribution in [3.63, 3.8) is 0 Å². The highest BCUT2D eigenvalue weighted by Crippen LogP contribution is 2.14. The third kappa shape index (κ3) is 30.0. The zero-order valence-corrected chi connectivity index (χ0v) is 24.2. The maximum atomic E-state index is 6.34. The summed E-state index contributed by atoms with van der Waals surface area (Å²) in [6.45, 7) is 6.95. The number of nitrogens with one attached hydrogen (secondary N) is 1. The van der Waals surface area contributed by atoms with Crippen molar-refractivity contribution in [2.45, 2.75) is 193 Å². The molecule has 0 aliphatic rings. The fraction of sp³-hybridized carbons (Fsp3) is 1.00. The third-order valence-electron chi connectivity index (χ3n) is 7.56. The molecule has 0 bridgehead atoms. The fourth-order valence-electron chi connectivity index (χ4n) is 5.10. The molecule has 0 fully saturated rings. The summed E-state index contributed by atoms with van der Waals surface area (Å²) in [5.41, 5.74) is 6.34. The van der Waals surface area contributed by atoms with Gasteiger partial charge in [-0.1, -0.05) is 162 Å². The number of hydrogen-bond donors (Lipinski definition) is 2. The maximum absolute atomic E-state index is 6.34. The van der Waals surface area contributed by atoms with Crippen LogP contribution >= 0.6 is 0 Å². The highest BCUT2D eigenvalue weighted by atomic mass is 14.8. The maximum Gasteiger partial charge on any atom is 0.00393 e. The Labute approximate surface area is 217 Å². The van der Waals surface area contributed by atoms with Crippen molar-refractivity contribution < 1.29 is 0 Å². The second kappa shape index (κ2) is 31.0. The van der Waals surface area contributed by atoms with Crippen molar-refractivity contribution in [3.05, 3.63) is 0 Å². The first-order valence-electron chi connectivity index (χ1n) is 16.3. The van der Waals surface area contributed by atoms with E-state index in [0.29, 0.717) is 6.04 Å². The Bertz CT molecular complexity index is 344. The molecule has 0 aromatic rings. The summed E-state index contributed by atoms with van der Waals surface area (Å²) in [6, 6.07) is 0.427. The topological polar surface area (TPSA) is 38.0 Å². The Balaban J connectivity index is 3.13. The molecule has 2 nitrogen and oxygen atoms in total.